The van der Waals surface area contributed by atoms with Crippen LogP contribution in [0.1, 0.15) is 40.5 Å². The van der Waals surface area contributed by atoms with Gasteiger partial charge in [0.25, 0.3) is 0 Å². The lowest BCUT2D eigenvalue weighted by Crippen LogP contribution is -2.52. The summed E-state index contributed by atoms with van der Waals surface area (Å²) >= 11 is 0. The maximum Gasteiger partial charge on any atom is 0.237 e. The highest BCUT2D eigenvalue weighted by Crippen LogP contribution is 2.18. The largest absolute Gasteiger partial charge is 0.353 e. The lowest BCUT2D eigenvalue weighted by atomic mass is 10.2. The molecule has 2 atom stereocenters. The Morgan fingerprint density at radius 1 is 1.00 bits per heavy atom. The van der Waals surface area contributed by atoms with Gasteiger partial charge in [0.1, 0.15) is 0 Å². The molecule has 1 rings (SSSR count). The zero-order chi connectivity index (χ0) is 13.0. The van der Waals surface area contributed by atoms with Crippen LogP contribution in [0.15, 0.2) is 0 Å². The van der Waals surface area contributed by atoms with Gasteiger partial charge in [-0.3, -0.25) is 14.9 Å². The number of carbonyl (C=O) groups excluding carboxylic acids is 2. The summed E-state index contributed by atoms with van der Waals surface area (Å²) in [6, 6.07) is -0.241. The van der Waals surface area contributed by atoms with E-state index in [9.17, 15) is 9.59 Å². The lowest BCUT2D eigenvalue weighted by molar-refractivity contribution is -0.125. The van der Waals surface area contributed by atoms with Gasteiger partial charge in [-0.25, -0.2) is 0 Å². The van der Waals surface area contributed by atoms with Crippen molar-refractivity contribution >= 4 is 11.8 Å². The van der Waals surface area contributed by atoms with Crippen molar-refractivity contribution < 1.29 is 9.59 Å². The molecule has 0 aliphatic heterocycles. The van der Waals surface area contributed by atoms with E-state index in [1.807, 2.05) is 13.8 Å². The van der Waals surface area contributed by atoms with E-state index in [1.54, 1.807) is 13.8 Å². The number of hydrogen-bond acceptors (Lipinski definition) is 3. The highest BCUT2D eigenvalue weighted by atomic mass is 16.2. The van der Waals surface area contributed by atoms with Gasteiger partial charge >= 0.3 is 0 Å². The van der Waals surface area contributed by atoms with E-state index in [-0.39, 0.29) is 29.9 Å². The second-order valence-electron chi connectivity index (χ2n) is 5.06. The van der Waals surface area contributed by atoms with Gasteiger partial charge in [0, 0.05) is 12.1 Å². The Balaban J connectivity index is 2.30. The smallest absolute Gasteiger partial charge is 0.237 e. The summed E-state index contributed by atoms with van der Waals surface area (Å²) in [5.74, 6) is -0.109. The molecule has 0 aromatic carbocycles. The minimum Gasteiger partial charge on any atom is -0.353 e. The van der Waals surface area contributed by atoms with E-state index < -0.39 is 0 Å². The van der Waals surface area contributed by atoms with Crippen molar-refractivity contribution in [3.8, 4) is 0 Å². The third kappa shape index (κ3) is 5.17. The highest BCUT2D eigenvalue weighted by molar-refractivity contribution is 5.85. The average Bonchev–Trinajstić information content (AvgIpc) is 3.00. The summed E-state index contributed by atoms with van der Waals surface area (Å²) in [5.41, 5.74) is 0. The minimum absolute atomic E-state index is 0.0308. The Morgan fingerprint density at radius 3 is 2.00 bits per heavy atom. The fourth-order valence-corrected chi connectivity index (χ4v) is 1.49. The van der Waals surface area contributed by atoms with Crippen LogP contribution in [0.25, 0.3) is 0 Å². The van der Waals surface area contributed by atoms with Gasteiger partial charge in [0.2, 0.25) is 11.8 Å². The average molecular weight is 241 g/mol. The van der Waals surface area contributed by atoms with Crippen molar-refractivity contribution in [2.45, 2.75) is 64.7 Å². The van der Waals surface area contributed by atoms with Crippen molar-refractivity contribution in [2.75, 3.05) is 0 Å². The number of nitrogens with one attached hydrogen (secondary N) is 3. The van der Waals surface area contributed by atoms with Crippen LogP contribution in [0.4, 0.5) is 0 Å². The molecule has 0 bridgehead atoms. The van der Waals surface area contributed by atoms with Gasteiger partial charge in [-0.2, -0.15) is 0 Å². The van der Waals surface area contributed by atoms with Crippen LogP contribution in [0.3, 0.4) is 0 Å². The first-order valence-corrected chi connectivity index (χ1v) is 6.27. The maximum atomic E-state index is 11.7. The summed E-state index contributed by atoms with van der Waals surface area (Å²) < 4.78 is 0. The molecule has 3 N–H and O–H groups in total. The van der Waals surface area contributed by atoms with E-state index in [0.717, 1.165) is 12.8 Å². The van der Waals surface area contributed by atoms with Crippen LogP contribution in [0.2, 0.25) is 0 Å². The Labute approximate surface area is 103 Å². The van der Waals surface area contributed by atoms with Crippen LogP contribution >= 0.6 is 0 Å². The lowest BCUT2D eigenvalue weighted by Gasteiger charge is -2.20. The summed E-state index contributed by atoms with van der Waals surface area (Å²) in [4.78, 5) is 23.3. The monoisotopic (exact) mass is 241 g/mol. The molecule has 0 spiro atoms. The Bertz CT molecular complexity index is 267. The molecule has 5 heteroatoms. The number of carbonyl (C=O) groups is 2. The summed E-state index contributed by atoms with van der Waals surface area (Å²) in [6.45, 7) is 7.36. The van der Waals surface area contributed by atoms with Crippen molar-refractivity contribution in [1.29, 1.82) is 0 Å². The molecule has 1 fully saturated rings. The van der Waals surface area contributed by atoms with Gasteiger partial charge in [-0.1, -0.05) is 0 Å². The van der Waals surface area contributed by atoms with E-state index in [2.05, 4.69) is 16.0 Å². The fourth-order valence-electron chi connectivity index (χ4n) is 1.49. The normalized spacial score (nSPS) is 18.6. The van der Waals surface area contributed by atoms with Crippen LogP contribution in [0, 0.1) is 0 Å². The van der Waals surface area contributed by atoms with Crippen molar-refractivity contribution in [1.82, 2.24) is 16.0 Å². The van der Waals surface area contributed by atoms with E-state index >= 15 is 0 Å². The topological polar surface area (TPSA) is 70.2 Å². The molecule has 5 nitrogen and oxygen atoms in total. The molecule has 2 unspecified atom stereocenters. The van der Waals surface area contributed by atoms with Crippen molar-refractivity contribution in [3.05, 3.63) is 0 Å². The number of hydrogen-bond donors (Lipinski definition) is 3. The molecule has 2 amide bonds. The van der Waals surface area contributed by atoms with Crippen molar-refractivity contribution in [2.24, 2.45) is 0 Å². The molecular weight excluding hydrogens is 218 g/mol. The van der Waals surface area contributed by atoms with Gasteiger partial charge in [0.15, 0.2) is 0 Å². The SMILES string of the molecule is CC(C)NC(=O)C(C)NC(C)C(=O)NC1CC1. The Hall–Kier alpha value is -1.10. The zero-order valence-corrected chi connectivity index (χ0v) is 11.0. The summed E-state index contributed by atoms with van der Waals surface area (Å²) in [5, 5.41) is 8.71. The molecule has 1 aliphatic carbocycles. The number of amides is 2. The first-order chi connectivity index (χ1) is 7.90. The van der Waals surface area contributed by atoms with E-state index in [0.29, 0.717) is 6.04 Å². The molecule has 0 heterocycles. The van der Waals surface area contributed by atoms with Crippen LogP contribution in [-0.2, 0) is 9.59 Å². The highest BCUT2D eigenvalue weighted by Gasteiger charge is 2.26. The first kappa shape index (κ1) is 14.0. The molecule has 0 aromatic heterocycles. The molecular formula is C12H23N3O2. The molecule has 98 valence electrons. The summed E-state index contributed by atoms with van der Waals surface area (Å²) in [6.07, 6.45) is 2.14. The van der Waals surface area contributed by atoms with Crippen LogP contribution in [-0.4, -0.2) is 36.0 Å². The Kier molecular flexibility index (Phi) is 4.93. The third-order valence-electron chi connectivity index (χ3n) is 2.64. The van der Waals surface area contributed by atoms with E-state index in [4.69, 9.17) is 0 Å². The van der Waals surface area contributed by atoms with Gasteiger partial charge < -0.3 is 10.6 Å². The quantitative estimate of drug-likeness (QED) is 0.620. The molecule has 0 aromatic rings. The van der Waals surface area contributed by atoms with Gasteiger partial charge in [-0.05, 0) is 40.5 Å². The second kappa shape index (κ2) is 6.00. The number of rotatable bonds is 6. The van der Waals surface area contributed by atoms with Crippen LogP contribution in [0.5, 0.6) is 0 Å². The molecule has 0 saturated heterocycles. The minimum atomic E-state index is -0.364. The molecule has 17 heavy (non-hydrogen) atoms. The second-order valence-corrected chi connectivity index (χ2v) is 5.06. The van der Waals surface area contributed by atoms with E-state index in [1.165, 1.54) is 0 Å². The predicted molar refractivity (Wildman–Crippen MR) is 66.5 cm³/mol. The molecule has 1 aliphatic rings. The fraction of sp³-hybridized carbons (Fsp3) is 0.833. The first-order valence-electron chi connectivity index (χ1n) is 6.27. The third-order valence-corrected chi connectivity index (χ3v) is 2.64. The summed E-state index contributed by atoms with van der Waals surface area (Å²) in [7, 11) is 0. The standard InChI is InChI=1S/C12H23N3O2/c1-7(2)13-11(16)8(3)14-9(4)12(17)15-10-5-6-10/h7-10,14H,5-6H2,1-4H3,(H,13,16)(H,15,17). The predicted octanol–water partition coefficient (Wildman–Crippen LogP) is 0.156. The Morgan fingerprint density at radius 2 is 1.53 bits per heavy atom. The van der Waals surface area contributed by atoms with Crippen molar-refractivity contribution in [3.63, 3.8) is 0 Å². The molecule has 1 saturated carbocycles. The zero-order valence-electron chi connectivity index (χ0n) is 11.0. The maximum absolute atomic E-state index is 11.7. The van der Waals surface area contributed by atoms with Gasteiger partial charge in [-0.15, -0.1) is 0 Å². The van der Waals surface area contributed by atoms with Gasteiger partial charge in [0.05, 0.1) is 12.1 Å². The molecule has 0 radical (unpaired) electrons. The van der Waals surface area contributed by atoms with Crippen LogP contribution < -0.4 is 16.0 Å².